The molecule has 0 saturated heterocycles. The van der Waals surface area contributed by atoms with Crippen molar-refractivity contribution < 1.29 is 14.7 Å². The van der Waals surface area contributed by atoms with E-state index in [4.69, 9.17) is 22.4 Å². The van der Waals surface area contributed by atoms with E-state index in [2.05, 4.69) is 5.32 Å². The zero-order chi connectivity index (χ0) is 21.5. The summed E-state index contributed by atoms with van der Waals surface area (Å²) in [6.07, 6.45) is 0.878. The second-order valence-corrected chi connectivity index (χ2v) is 7.44. The summed E-state index contributed by atoms with van der Waals surface area (Å²) in [7, 11) is 0. The van der Waals surface area contributed by atoms with E-state index in [1.807, 2.05) is 48.5 Å². The van der Waals surface area contributed by atoms with Crippen molar-refractivity contribution in [2.24, 2.45) is 5.73 Å². The molecule has 0 bridgehead atoms. The average molecular weight is 423 g/mol. The molecular weight excluding hydrogens is 400 g/mol. The fraction of sp³-hybridized carbons (Fsp3) is 0.167. The lowest BCUT2D eigenvalue weighted by Gasteiger charge is -2.10. The van der Waals surface area contributed by atoms with E-state index in [1.165, 1.54) is 0 Å². The van der Waals surface area contributed by atoms with Crippen molar-refractivity contribution in [2.45, 2.75) is 18.9 Å². The first kappa shape index (κ1) is 21.6. The molecule has 1 amide bonds. The van der Waals surface area contributed by atoms with Crippen molar-refractivity contribution in [3.05, 3.63) is 94.5 Å². The van der Waals surface area contributed by atoms with Gasteiger partial charge in [-0.05, 0) is 47.7 Å². The highest BCUT2D eigenvalue weighted by Gasteiger charge is 2.13. The normalized spacial score (nSPS) is 11.7. The molecule has 154 valence electrons. The molecule has 30 heavy (non-hydrogen) atoms. The van der Waals surface area contributed by atoms with Gasteiger partial charge in [0.15, 0.2) is 0 Å². The third-order valence-electron chi connectivity index (χ3n) is 4.81. The Morgan fingerprint density at radius 1 is 0.967 bits per heavy atom. The quantitative estimate of drug-likeness (QED) is 0.512. The molecular formula is C24H23ClN2O3. The van der Waals surface area contributed by atoms with E-state index in [-0.39, 0.29) is 12.3 Å². The van der Waals surface area contributed by atoms with Crippen molar-refractivity contribution in [1.82, 2.24) is 5.32 Å². The fourth-order valence-corrected chi connectivity index (χ4v) is 3.43. The van der Waals surface area contributed by atoms with Crippen LogP contribution in [-0.4, -0.2) is 29.6 Å². The largest absolute Gasteiger partial charge is 0.480 e. The second kappa shape index (κ2) is 10.1. The second-order valence-electron chi connectivity index (χ2n) is 7.03. The first-order valence-corrected chi connectivity index (χ1v) is 10.0. The van der Waals surface area contributed by atoms with Gasteiger partial charge in [0, 0.05) is 22.7 Å². The van der Waals surface area contributed by atoms with Crippen LogP contribution >= 0.6 is 11.6 Å². The maximum absolute atomic E-state index is 12.3. The highest BCUT2D eigenvalue weighted by atomic mass is 35.5. The van der Waals surface area contributed by atoms with Gasteiger partial charge in [-0.2, -0.15) is 0 Å². The lowest BCUT2D eigenvalue weighted by atomic mass is 10.0. The number of hydrogen-bond donors (Lipinski definition) is 3. The number of benzene rings is 3. The van der Waals surface area contributed by atoms with Crippen LogP contribution in [0.3, 0.4) is 0 Å². The Bertz CT molecular complexity index is 1020. The van der Waals surface area contributed by atoms with Gasteiger partial charge in [-0.15, -0.1) is 0 Å². The predicted octanol–water partition coefficient (Wildman–Crippen LogP) is 3.93. The summed E-state index contributed by atoms with van der Waals surface area (Å²) in [6.45, 7) is 0.478. The minimum Gasteiger partial charge on any atom is -0.480 e. The van der Waals surface area contributed by atoms with E-state index in [0.717, 1.165) is 22.3 Å². The van der Waals surface area contributed by atoms with Crippen LogP contribution < -0.4 is 11.1 Å². The third kappa shape index (κ3) is 5.69. The van der Waals surface area contributed by atoms with Crippen LogP contribution in [-0.2, 0) is 17.6 Å². The molecule has 0 aliphatic heterocycles. The van der Waals surface area contributed by atoms with Crippen molar-refractivity contribution in [3.63, 3.8) is 0 Å². The summed E-state index contributed by atoms with van der Waals surface area (Å²) in [5.74, 6) is -1.23. The molecule has 0 aliphatic rings. The van der Waals surface area contributed by atoms with Gasteiger partial charge in [0.25, 0.3) is 5.91 Å². The van der Waals surface area contributed by atoms with Gasteiger partial charge in [-0.1, -0.05) is 66.2 Å². The van der Waals surface area contributed by atoms with Gasteiger partial charge in [0.2, 0.25) is 0 Å². The van der Waals surface area contributed by atoms with Crippen LogP contribution in [0.2, 0.25) is 5.02 Å². The zero-order valence-corrected chi connectivity index (χ0v) is 17.1. The topological polar surface area (TPSA) is 92.4 Å². The SMILES string of the molecule is N[C@@H](Cc1ccc(C(=O)NCCc2ccc(-c3ccccc3)c(Cl)c2)cc1)C(=O)O. The first-order chi connectivity index (χ1) is 14.4. The van der Waals surface area contributed by atoms with Gasteiger partial charge < -0.3 is 16.2 Å². The molecule has 0 heterocycles. The van der Waals surface area contributed by atoms with E-state index >= 15 is 0 Å². The number of halogens is 1. The van der Waals surface area contributed by atoms with Crippen molar-refractivity contribution in [1.29, 1.82) is 0 Å². The Morgan fingerprint density at radius 2 is 1.63 bits per heavy atom. The smallest absolute Gasteiger partial charge is 0.320 e. The average Bonchev–Trinajstić information content (AvgIpc) is 2.75. The number of nitrogens with two attached hydrogens (primary N) is 1. The number of rotatable bonds is 8. The van der Waals surface area contributed by atoms with Crippen LogP contribution in [0.1, 0.15) is 21.5 Å². The maximum Gasteiger partial charge on any atom is 0.320 e. The van der Waals surface area contributed by atoms with Gasteiger partial charge in [0.1, 0.15) is 6.04 Å². The molecule has 3 rings (SSSR count). The molecule has 0 saturated carbocycles. The Kier molecular flexibility index (Phi) is 7.22. The summed E-state index contributed by atoms with van der Waals surface area (Å²) in [5.41, 5.74) is 9.90. The Hall–Kier alpha value is -3.15. The van der Waals surface area contributed by atoms with E-state index in [9.17, 15) is 9.59 Å². The minimum absolute atomic E-state index is 0.184. The molecule has 4 N–H and O–H groups in total. The summed E-state index contributed by atoms with van der Waals surface area (Å²) in [5, 5.41) is 12.4. The molecule has 0 spiro atoms. The number of hydrogen-bond acceptors (Lipinski definition) is 3. The third-order valence-corrected chi connectivity index (χ3v) is 5.12. The maximum atomic E-state index is 12.3. The number of carbonyl (C=O) groups is 2. The Balaban J connectivity index is 1.53. The number of nitrogens with one attached hydrogen (secondary N) is 1. The van der Waals surface area contributed by atoms with Crippen molar-refractivity contribution in [3.8, 4) is 11.1 Å². The highest BCUT2D eigenvalue weighted by Crippen LogP contribution is 2.28. The van der Waals surface area contributed by atoms with Gasteiger partial charge in [0.05, 0.1) is 0 Å². The molecule has 0 fully saturated rings. The lowest BCUT2D eigenvalue weighted by Crippen LogP contribution is -2.32. The van der Waals surface area contributed by atoms with Crippen LogP contribution in [0.5, 0.6) is 0 Å². The minimum atomic E-state index is -1.05. The first-order valence-electron chi connectivity index (χ1n) is 9.63. The summed E-state index contributed by atoms with van der Waals surface area (Å²) < 4.78 is 0. The highest BCUT2D eigenvalue weighted by molar-refractivity contribution is 6.33. The van der Waals surface area contributed by atoms with Crippen LogP contribution in [0.15, 0.2) is 72.8 Å². The molecule has 0 unspecified atom stereocenters. The van der Waals surface area contributed by atoms with E-state index < -0.39 is 12.0 Å². The number of aliphatic carboxylic acids is 1. The molecule has 0 radical (unpaired) electrons. The van der Waals surface area contributed by atoms with Crippen molar-refractivity contribution in [2.75, 3.05) is 6.54 Å². The van der Waals surface area contributed by atoms with E-state index in [0.29, 0.717) is 23.6 Å². The van der Waals surface area contributed by atoms with Crippen LogP contribution in [0.25, 0.3) is 11.1 Å². The van der Waals surface area contributed by atoms with Crippen molar-refractivity contribution >= 4 is 23.5 Å². The van der Waals surface area contributed by atoms with Gasteiger partial charge >= 0.3 is 5.97 Å². The molecule has 5 nitrogen and oxygen atoms in total. The number of carbonyl (C=O) groups excluding carboxylic acids is 1. The van der Waals surface area contributed by atoms with E-state index in [1.54, 1.807) is 24.3 Å². The summed E-state index contributed by atoms with van der Waals surface area (Å²) in [4.78, 5) is 23.2. The Morgan fingerprint density at radius 3 is 2.27 bits per heavy atom. The van der Waals surface area contributed by atoms with Crippen LogP contribution in [0, 0.1) is 0 Å². The molecule has 3 aromatic rings. The monoisotopic (exact) mass is 422 g/mol. The zero-order valence-electron chi connectivity index (χ0n) is 16.3. The molecule has 3 aromatic carbocycles. The number of amides is 1. The van der Waals surface area contributed by atoms with Gasteiger partial charge in [-0.25, -0.2) is 0 Å². The van der Waals surface area contributed by atoms with Crippen LogP contribution in [0.4, 0.5) is 0 Å². The predicted molar refractivity (Wildman–Crippen MR) is 119 cm³/mol. The molecule has 6 heteroatoms. The number of carboxylic acids is 1. The lowest BCUT2D eigenvalue weighted by molar-refractivity contribution is -0.138. The fourth-order valence-electron chi connectivity index (χ4n) is 3.12. The standard InChI is InChI=1S/C24H23ClN2O3/c25-21-14-17(8-11-20(21)18-4-2-1-3-5-18)12-13-27-23(28)19-9-6-16(7-10-19)15-22(26)24(29)30/h1-11,14,22H,12-13,15,26H2,(H,27,28)(H,29,30)/t22-/m0/s1. The molecule has 1 atom stereocenters. The molecule has 0 aromatic heterocycles. The summed E-state index contributed by atoms with van der Waals surface area (Å²) in [6, 6.07) is 21.7. The Labute approximate surface area is 180 Å². The van der Waals surface area contributed by atoms with Gasteiger partial charge in [-0.3, -0.25) is 9.59 Å². The molecule has 0 aliphatic carbocycles. The number of carboxylic acid groups (broad SMARTS) is 1. The summed E-state index contributed by atoms with van der Waals surface area (Å²) >= 11 is 6.44.